The van der Waals surface area contributed by atoms with Crippen molar-refractivity contribution in [3.05, 3.63) is 0 Å². The van der Waals surface area contributed by atoms with Crippen molar-refractivity contribution in [2.45, 2.75) is 63.7 Å². The predicted octanol–water partition coefficient (Wildman–Crippen LogP) is 0.643. The molecule has 18 heavy (non-hydrogen) atoms. The van der Waals surface area contributed by atoms with Gasteiger partial charge in [-0.15, -0.1) is 0 Å². The maximum absolute atomic E-state index is 9.70. The first-order chi connectivity index (χ1) is 8.67. The molecule has 0 amide bonds. The lowest BCUT2D eigenvalue weighted by Crippen LogP contribution is -2.62. The van der Waals surface area contributed by atoms with Crippen molar-refractivity contribution in [3.8, 4) is 0 Å². The number of nitrogens with two attached hydrogens (primary N) is 1. The van der Waals surface area contributed by atoms with E-state index < -0.39 is 0 Å². The van der Waals surface area contributed by atoms with Gasteiger partial charge in [-0.05, 0) is 32.7 Å². The third-order valence-corrected chi connectivity index (χ3v) is 4.71. The van der Waals surface area contributed by atoms with Gasteiger partial charge in [-0.2, -0.15) is 0 Å². The average Bonchev–Trinajstić information content (AvgIpc) is 2.77. The molecule has 0 radical (unpaired) electrons. The molecule has 4 atom stereocenters. The lowest BCUT2D eigenvalue weighted by molar-refractivity contribution is -0.00117. The van der Waals surface area contributed by atoms with Crippen LogP contribution in [0.1, 0.15) is 39.5 Å². The van der Waals surface area contributed by atoms with E-state index in [0.717, 1.165) is 25.9 Å². The lowest BCUT2D eigenvalue weighted by atomic mass is 9.98. The van der Waals surface area contributed by atoms with Gasteiger partial charge in [0, 0.05) is 37.3 Å². The molecule has 0 spiro atoms. The second kappa shape index (κ2) is 6.33. The third-order valence-electron chi connectivity index (χ3n) is 4.71. The lowest BCUT2D eigenvalue weighted by Gasteiger charge is -2.47. The van der Waals surface area contributed by atoms with Crippen LogP contribution in [0, 0.1) is 0 Å². The Morgan fingerprint density at radius 3 is 2.83 bits per heavy atom. The highest BCUT2D eigenvalue weighted by Gasteiger charge is 2.38. The van der Waals surface area contributed by atoms with E-state index in [-0.39, 0.29) is 18.7 Å². The predicted molar refractivity (Wildman–Crippen MR) is 74.5 cm³/mol. The second-order valence-corrected chi connectivity index (χ2v) is 6.04. The Kier molecular flexibility index (Phi) is 5.01. The van der Waals surface area contributed by atoms with Crippen LogP contribution in [-0.4, -0.2) is 65.3 Å². The summed E-state index contributed by atoms with van der Waals surface area (Å²) < 4.78 is 0. The highest BCUT2D eigenvalue weighted by molar-refractivity contribution is 4.95. The zero-order valence-corrected chi connectivity index (χ0v) is 11.9. The zero-order valence-electron chi connectivity index (χ0n) is 11.9. The van der Waals surface area contributed by atoms with Crippen molar-refractivity contribution >= 4 is 0 Å². The highest BCUT2D eigenvalue weighted by atomic mass is 16.3. The normalized spacial score (nSPS) is 33.3. The van der Waals surface area contributed by atoms with Gasteiger partial charge in [-0.25, -0.2) is 0 Å². The maximum atomic E-state index is 9.70. The summed E-state index contributed by atoms with van der Waals surface area (Å²) in [5.41, 5.74) is 6.25. The maximum Gasteiger partial charge on any atom is 0.0602 e. The summed E-state index contributed by atoms with van der Waals surface area (Å²) in [5, 5.41) is 9.70. The van der Waals surface area contributed by atoms with Gasteiger partial charge in [0.05, 0.1) is 6.61 Å². The fourth-order valence-corrected chi connectivity index (χ4v) is 3.68. The minimum atomic E-state index is 0.107. The molecule has 106 valence electrons. The summed E-state index contributed by atoms with van der Waals surface area (Å²) in [6.07, 6.45) is 4.73. The van der Waals surface area contributed by atoms with Gasteiger partial charge in [0.25, 0.3) is 0 Å². The van der Waals surface area contributed by atoms with Crippen LogP contribution in [-0.2, 0) is 0 Å². The van der Waals surface area contributed by atoms with E-state index in [1.807, 2.05) is 0 Å². The molecule has 0 aromatic rings. The second-order valence-electron chi connectivity index (χ2n) is 6.04. The molecule has 2 saturated heterocycles. The molecule has 0 aliphatic carbocycles. The molecule has 2 heterocycles. The van der Waals surface area contributed by atoms with Crippen LogP contribution in [0.15, 0.2) is 0 Å². The van der Waals surface area contributed by atoms with E-state index in [1.165, 1.54) is 19.4 Å². The van der Waals surface area contributed by atoms with Crippen molar-refractivity contribution in [3.63, 3.8) is 0 Å². The van der Waals surface area contributed by atoms with Crippen LogP contribution < -0.4 is 5.73 Å². The van der Waals surface area contributed by atoms with Crippen LogP contribution in [0.5, 0.6) is 0 Å². The molecule has 0 saturated carbocycles. The van der Waals surface area contributed by atoms with Gasteiger partial charge in [0.2, 0.25) is 0 Å². The molecule has 0 bridgehead atoms. The summed E-state index contributed by atoms with van der Waals surface area (Å²) in [5.74, 6) is 0. The number of nitrogens with zero attached hydrogens (tertiary/aromatic N) is 2. The number of aliphatic hydroxyl groups is 1. The van der Waals surface area contributed by atoms with Gasteiger partial charge in [-0.1, -0.05) is 13.3 Å². The first kappa shape index (κ1) is 14.3. The molecule has 4 nitrogen and oxygen atoms in total. The van der Waals surface area contributed by atoms with Gasteiger partial charge < -0.3 is 10.8 Å². The fraction of sp³-hybridized carbons (Fsp3) is 1.00. The fourth-order valence-electron chi connectivity index (χ4n) is 3.68. The summed E-state index contributed by atoms with van der Waals surface area (Å²) in [7, 11) is 0. The number of rotatable bonds is 5. The van der Waals surface area contributed by atoms with Gasteiger partial charge >= 0.3 is 0 Å². The van der Waals surface area contributed by atoms with Crippen LogP contribution in [0.25, 0.3) is 0 Å². The first-order valence-corrected chi connectivity index (χ1v) is 7.53. The van der Waals surface area contributed by atoms with Gasteiger partial charge in [-0.3, -0.25) is 9.80 Å². The first-order valence-electron chi connectivity index (χ1n) is 7.53. The molecule has 3 N–H and O–H groups in total. The van der Waals surface area contributed by atoms with Crippen molar-refractivity contribution in [2.24, 2.45) is 5.73 Å². The summed E-state index contributed by atoms with van der Waals surface area (Å²) in [6.45, 7) is 8.11. The third kappa shape index (κ3) is 2.87. The summed E-state index contributed by atoms with van der Waals surface area (Å²) >= 11 is 0. The van der Waals surface area contributed by atoms with Gasteiger partial charge in [0.15, 0.2) is 0 Å². The van der Waals surface area contributed by atoms with Crippen LogP contribution in [0.3, 0.4) is 0 Å². The van der Waals surface area contributed by atoms with Crippen LogP contribution in [0.2, 0.25) is 0 Å². The number of fused-ring (bicyclic) bond motifs is 1. The topological polar surface area (TPSA) is 52.7 Å². The van der Waals surface area contributed by atoms with E-state index >= 15 is 0 Å². The Balaban J connectivity index is 2.00. The molecule has 2 aliphatic heterocycles. The largest absolute Gasteiger partial charge is 0.395 e. The molecule has 2 aliphatic rings. The van der Waals surface area contributed by atoms with Crippen molar-refractivity contribution in [2.75, 3.05) is 26.2 Å². The Morgan fingerprint density at radius 2 is 2.17 bits per heavy atom. The quantitative estimate of drug-likeness (QED) is 0.757. The van der Waals surface area contributed by atoms with Crippen LogP contribution in [0.4, 0.5) is 0 Å². The Morgan fingerprint density at radius 1 is 1.39 bits per heavy atom. The number of hydrogen-bond acceptors (Lipinski definition) is 4. The van der Waals surface area contributed by atoms with Crippen LogP contribution >= 0.6 is 0 Å². The summed E-state index contributed by atoms with van der Waals surface area (Å²) in [4.78, 5) is 5.08. The van der Waals surface area contributed by atoms with E-state index in [1.54, 1.807) is 0 Å². The van der Waals surface area contributed by atoms with E-state index in [9.17, 15) is 5.11 Å². The Bertz CT molecular complexity index is 261. The number of hydrogen-bond donors (Lipinski definition) is 2. The van der Waals surface area contributed by atoms with E-state index in [0.29, 0.717) is 12.1 Å². The van der Waals surface area contributed by atoms with Gasteiger partial charge in [0.1, 0.15) is 0 Å². The van der Waals surface area contributed by atoms with E-state index in [4.69, 9.17) is 5.73 Å². The molecular formula is C14H29N3O. The van der Waals surface area contributed by atoms with E-state index in [2.05, 4.69) is 23.6 Å². The molecule has 2 fully saturated rings. The Hall–Kier alpha value is -0.160. The molecule has 0 aromatic heterocycles. The number of aliphatic hydroxyl groups excluding tert-OH is 1. The van der Waals surface area contributed by atoms with Crippen molar-refractivity contribution in [1.29, 1.82) is 0 Å². The monoisotopic (exact) mass is 255 g/mol. The molecular weight excluding hydrogens is 226 g/mol. The smallest absolute Gasteiger partial charge is 0.0602 e. The minimum absolute atomic E-state index is 0.107. The van der Waals surface area contributed by atoms with Crippen molar-refractivity contribution in [1.82, 2.24) is 9.80 Å². The summed E-state index contributed by atoms with van der Waals surface area (Å²) in [6, 6.07) is 1.46. The molecule has 4 unspecified atom stereocenters. The molecule has 2 rings (SSSR count). The molecule has 0 aromatic carbocycles. The minimum Gasteiger partial charge on any atom is -0.395 e. The highest BCUT2D eigenvalue weighted by Crippen LogP contribution is 2.26. The van der Waals surface area contributed by atoms with Crippen molar-refractivity contribution < 1.29 is 5.11 Å². The standard InChI is InChI=1S/C14H29N3O/c1-3-5-13(15)14(10-18)17-9-12-6-4-7-16(12)8-11(17)2/h11-14,18H,3-10,15H2,1-2H3. The molecule has 4 heteroatoms. The number of piperazine rings is 1. The Labute approximate surface area is 111 Å². The SMILES string of the molecule is CCCC(N)C(CO)N1CC2CCCN2CC1C. The average molecular weight is 255 g/mol. The zero-order chi connectivity index (χ0) is 13.1.